The van der Waals surface area contributed by atoms with E-state index in [4.69, 9.17) is 4.42 Å². The Morgan fingerprint density at radius 1 is 1.15 bits per heavy atom. The lowest BCUT2D eigenvalue weighted by molar-refractivity contribution is 0.405. The van der Waals surface area contributed by atoms with E-state index in [1.54, 1.807) is 12.3 Å². The maximum atomic E-state index is 11.5. The Morgan fingerprint density at radius 3 is 2.45 bits per heavy atom. The molecule has 0 amide bonds. The first-order valence-corrected chi connectivity index (χ1v) is 6.57. The van der Waals surface area contributed by atoms with E-state index in [0.717, 1.165) is 18.7 Å². The molecule has 0 unspecified atom stereocenters. The summed E-state index contributed by atoms with van der Waals surface area (Å²) in [6.45, 7) is 1.99. The Balaban J connectivity index is 1.88. The minimum absolute atomic E-state index is 0.358. The van der Waals surface area contributed by atoms with Gasteiger partial charge < -0.3 is 20.0 Å². The molecule has 0 fully saturated rings. The summed E-state index contributed by atoms with van der Waals surface area (Å²) in [5.74, 6) is 0.719. The van der Waals surface area contributed by atoms with Crippen LogP contribution in [0.4, 0.5) is 11.4 Å². The Hall–Kier alpha value is -2.08. The second kappa shape index (κ2) is 6.38. The normalized spacial score (nSPS) is 11.2. The van der Waals surface area contributed by atoms with Gasteiger partial charge in [0.15, 0.2) is 0 Å². The molecule has 0 aliphatic rings. The molecule has 0 saturated carbocycles. The van der Waals surface area contributed by atoms with Crippen LogP contribution in [0.15, 0.2) is 32.4 Å². The molecule has 0 bridgehead atoms. The fourth-order valence-electron chi connectivity index (χ4n) is 1.93. The number of nitrogens with zero attached hydrogens (tertiary/aromatic N) is 1. The van der Waals surface area contributed by atoms with Crippen molar-refractivity contribution < 1.29 is 4.42 Å². The van der Waals surface area contributed by atoms with Crippen molar-refractivity contribution in [1.29, 1.82) is 0 Å². The summed E-state index contributed by atoms with van der Waals surface area (Å²) in [6.07, 6.45) is 2.48. The van der Waals surface area contributed by atoms with Gasteiger partial charge in [-0.1, -0.05) is 0 Å². The summed E-state index contributed by atoms with van der Waals surface area (Å²) in [6, 6.07) is 3.59. The van der Waals surface area contributed by atoms with E-state index in [1.165, 1.54) is 0 Å². The third kappa shape index (κ3) is 3.27. The molecule has 0 aliphatic carbocycles. The molecule has 0 atom stereocenters. The number of rotatable bonds is 8. The predicted octanol–water partition coefficient (Wildman–Crippen LogP) is 0.851. The van der Waals surface area contributed by atoms with Gasteiger partial charge in [0.05, 0.1) is 12.8 Å². The zero-order chi connectivity index (χ0) is 14.5. The lowest BCUT2D eigenvalue weighted by Crippen LogP contribution is -2.37. The van der Waals surface area contributed by atoms with Crippen molar-refractivity contribution in [1.82, 2.24) is 4.90 Å². The highest BCUT2D eigenvalue weighted by atomic mass is 16.3. The number of furan rings is 1. The highest BCUT2D eigenvalue weighted by Gasteiger charge is 2.20. The van der Waals surface area contributed by atoms with Crippen LogP contribution in [0.1, 0.15) is 12.2 Å². The van der Waals surface area contributed by atoms with E-state index in [9.17, 15) is 9.59 Å². The smallest absolute Gasteiger partial charge is 0.253 e. The molecule has 0 spiro atoms. The lowest BCUT2D eigenvalue weighted by atomic mass is 10.2. The summed E-state index contributed by atoms with van der Waals surface area (Å²) in [4.78, 5) is 25.1. The highest BCUT2D eigenvalue weighted by Crippen LogP contribution is 2.15. The fourth-order valence-corrected chi connectivity index (χ4v) is 1.93. The van der Waals surface area contributed by atoms with Crippen molar-refractivity contribution in [3.8, 4) is 0 Å². The van der Waals surface area contributed by atoms with Crippen molar-refractivity contribution >= 4 is 11.4 Å². The van der Waals surface area contributed by atoms with Gasteiger partial charge in [0.25, 0.3) is 10.9 Å². The quantitative estimate of drug-likeness (QED) is 0.550. The zero-order valence-electron chi connectivity index (χ0n) is 11.7. The third-order valence-corrected chi connectivity index (χ3v) is 3.01. The third-order valence-electron chi connectivity index (χ3n) is 3.01. The fraction of sp³-hybridized carbons (Fsp3) is 0.429. The maximum absolute atomic E-state index is 11.5. The maximum Gasteiger partial charge on any atom is 0.253 e. The molecule has 108 valence electrons. The molecule has 6 nitrogen and oxygen atoms in total. The van der Waals surface area contributed by atoms with E-state index >= 15 is 0 Å². The van der Waals surface area contributed by atoms with Crippen molar-refractivity contribution in [2.45, 2.75) is 13.0 Å². The van der Waals surface area contributed by atoms with Gasteiger partial charge in [-0.3, -0.25) is 9.59 Å². The number of anilines is 2. The number of hydrogen-bond acceptors (Lipinski definition) is 6. The summed E-state index contributed by atoms with van der Waals surface area (Å²) in [7, 11) is 3.99. The monoisotopic (exact) mass is 277 g/mol. The van der Waals surface area contributed by atoms with E-state index in [2.05, 4.69) is 15.5 Å². The topological polar surface area (TPSA) is 74.6 Å². The average Bonchev–Trinajstić information content (AvgIpc) is 2.93. The molecule has 1 heterocycles. The molecule has 0 saturated heterocycles. The summed E-state index contributed by atoms with van der Waals surface area (Å²) in [5, 5.41) is 5.97. The van der Waals surface area contributed by atoms with Crippen LogP contribution in [0, 0.1) is 0 Å². The Morgan fingerprint density at radius 2 is 1.85 bits per heavy atom. The first kappa shape index (κ1) is 14.3. The second-order valence-corrected chi connectivity index (χ2v) is 4.92. The van der Waals surface area contributed by atoms with Gasteiger partial charge in [-0.25, -0.2) is 0 Å². The first-order chi connectivity index (χ1) is 9.59. The Kier molecular flexibility index (Phi) is 4.57. The molecule has 2 N–H and O–H groups in total. The zero-order valence-corrected chi connectivity index (χ0v) is 11.7. The van der Waals surface area contributed by atoms with E-state index in [0.29, 0.717) is 24.5 Å². The Labute approximate surface area is 117 Å². The summed E-state index contributed by atoms with van der Waals surface area (Å²) in [5.41, 5.74) is -0.167. The number of hydrogen-bond donors (Lipinski definition) is 2. The standard InChI is InChI=1S/C14H19N3O3/c1-17(2)7-4-6-15-11-12(14(19)13(11)18)16-9-10-5-3-8-20-10/h3,5,8,15-16H,4,6-7,9H2,1-2H3. The van der Waals surface area contributed by atoms with Gasteiger partial charge in [0.1, 0.15) is 17.1 Å². The largest absolute Gasteiger partial charge is 0.467 e. The van der Waals surface area contributed by atoms with Crippen molar-refractivity contribution in [2.24, 2.45) is 0 Å². The van der Waals surface area contributed by atoms with Crippen LogP contribution in [0.25, 0.3) is 0 Å². The SMILES string of the molecule is CN(C)CCCNc1c(NCc2ccco2)c(=O)c1=O. The highest BCUT2D eigenvalue weighted by molar-refractivity contribution is 5.73. The minimum Gasteiger partial charge on any atom is -0.467 e. The predicted molar refractivity (Wildman–Crippen MR) is 79.0 cm³/mol. The molecule has 20 heavy (non-hydrogen) atoms. The van der Waals surface area contributed by atoms with Crippen molar-refractivity contribution in [3.63, 3.8) is 0 Å². The summed E-state index contributed by atoms with van der Waals surface area (Å²) < 4.78 is 5.17. The lowest BCUT2D eigenvalue weighted by Gasteiger charge is -2.15. The molecule has 2 rings (SSSR count). The van der Waals surface area contributed by atoms with Gasteiger partial charge in [-0.15, -0.1) is 0 Å². The minimum atomic E-state index is -0.466. The van der Waals surface area contributed by atoms with Crippen LogP contribution in [0.3, 0.4) is 0 Å². The first-order valence-electron chi connectivity index (χ1n) is 6.57. The van der Waals surface area contributed by atoms with Gasteiger partial charge in [-0.05, 0) is 39.2 Å². The van der Waals surface area contributed by atoms with Crippen molar-refractivity contribution in [3.05, 3.63) is 44.6 Å². The van der Waals surface area contributed by atoms with Crippen molar-refractivity contribution in [2.75, 3.05) is 37.8 Å². The van der Waals surface area contributed by atoms with E-state index in [-0.39, 0.29) is 0 Å². The van der Waals surface area contributed by atoms with Crippen LogP contribution < -0.4 is 21.5 Å². The van der Waals surface area contributed by atoms with Crippen LogP contribution >= 0.6 is 0 Å². The van der Waals surface area contributed by atoms with Crippen LogP contribution in [0.5, 0.6) is 0 Å². The van der Waals surface area contributed by atoms with Gasteiger partial charge in [0.2, 0.25) is 0 Å². The Bertz CT molecular complexity index is 610. The molecule has 0 radical (unpaired) electrons. The molecule has 6 heteroatoms. The molecule has 1 aromatic carbocycles. The average molecular weight is 277 g/mol. The molecular formula is C14H19N3O3. The van der Waals surface area contributed by atoms with Crippen LogP contribution in [-0.2, 0) is 6.54 Å². The second-order valence-electron chi connectivity index (χ2n) is 4.92. The molecule has 2 aromatic rings. The van der Waals surface area contributed by atoms with Gasteiger partial charge in [-0.2, -0.15) is 0 Å². The number of nitrogens with one attached hydrogen (secondary N) is 2. The van der Waals surface area contributed by atoms with Crippen LogP contribution in [0.2, 0.25) is 0 Å². The van der Waals surface area contributed by atoms with Crippen LogP contribution in [-0.4, -0.2) is 32.1 Å². The van der Waals surface area contributed by atoms with Gasteiger partial charge in [0, 0.05) is 6.54 Å². The molecular weight excluding hydrogens is 258 g/mol. The molecule has 0 aliphatic heterocycles. The molecule has 1 aromatic heterocycles. The van der Waals surface area contributed by atoms with Gasteiger partial charge >= 0.3 is 0 Å². The van der Waals surface area contributed by atoms with E-state index < -0.39 is 10.9 Å². The summed E-state index contributed by atoms with van der Waals surface area (Å²) >= 11 is 0. The van der Waals surface area contributed by atoms with E-state index in [1.807, 2.05) is 20.2 Å².